The van der Waals surface area contributed by atoms with Crippen molar-refractivity contribution >= 4 is 17.7 Å². The first kappa shape index (κ1) is 18.3. The van der Waals surface area contributed by atoms with Gasteiger partial charge in [0.1, 0.15) is 0 Å². The van der Waals surface area contributed by atoms with E-state index in [0.717, 1.165) is 27.4 Å². The maximum atomic E-state index is 12.7. The van der Waals surface area contributed by atoms with Gasteiger partial charge in [-0.15, -0.1) is 11.8 Å². The molecular formula is C21H23N3OS. The number of carbonyl (C=O) groups is 1. The Kier molecular flexibility index (Phi) is 5.47. The lowest BCUT2D eigenvalue weighted by molar-refractivity contribution is 0.0937. The molecule has 0 bridgehead atoms. The summed E-state index contributed by atoms with van der Waals surface area (Å²) >= 11 is 1.58. The van der Waals surface area contributed by atoms with E-state index in [9.17, 15) is 4.79 Å². The van der Waals surface area contributed by atoms with E-state index in [1.807, 2.05) is 67.4 Å². The number of aryl methyl sites for hydroxylation is 1. The summed E-state index contributed by atoms with van der Waals surface area (Å²) in [7, 11) is 0. The van der Waals surface area contributed by atoms with Crippen LogP contribution in [0.4, 0.5) is 0 Å². The quantitative estimate of drug-likeness (QED) is 0.667. The van der Waals surface area contributed by atoms with Crippen molar-refractivity contribution in [2.75, 3.05) is 6.26 Å². The van der Waals surface area contributed by atoms with Crippen LogP contribution in [0.2, 0.25) is 0 Å². The lowest BCUT2D eigenvalue weighted by Gasteiger charge is -2.16. The van der Waals surface area contributed by atoms with Gasteiger partial charge in [-0.1, -0.05) is 30.3 Å². The van der Waals surface area contributed by atoms with Gasteiger partial charge in [0, 0.05) is 16.2 Å². The standard InChI is InChI=1S/C21H23N3OS/c1-14-9-5-7-11-19(14)24-16(3)18(13-22-24)15(2)23-21(25)17-10-6-8-12-20(17)26-4/h5-13,15H,1-4H3,(H,23,25)/t15-/m1/s1. The first-order valence-electron chi connectivity index (χ1n) is 8.57. The molecule has 0 aliphatic carbocycles. The molecule has 1 atom stereocenters. The van der Waals surface area contributed by atoms with E-state index in [2.05, 4.69) is 29.5 Å². The molecule has 5 heteroatoms. The van der Waals surface area contributed by atoms with Crippen molar-refractivity contribution in [1.82, 2.24) is 15.1 Å². The Morgan fingerprint density at radius 2 is 1.81 bits per heavy atom. The third-order valence-electron chi connectivity index (χ3n) is 4.56. The molecule has 3 rings (SSSR count). The summed E-state index contributed by atoms with van der Waals surface area (Å²) < 4.78 is 1.93. The van der Waals surface area contributed by atoms with Crippen LogP contribution in [0.25, 0.3) is 5.69 Å². The average molecular weight is 366 g/mol. The minimum Gasteiger partial charge on any atom is -0.345 e. The highest BCUT2D eigenvalue weighted by Gasteiger charge is 2.18. The smallest absolute Gasteiger partial charge is 0.252 e. The van der Waals surface area contributed by atoms with Crippen LogP contribution in [-0.4, -0.2) is 21.9 Å². The Morgan fingerprint density at radius 3 is 2.54 bits per heavy atom. The van der Waals surface area contributed by atoms with E-state index in [4.69, 9.17) is 0 Å². The molecule has 0 unspecified atom stereocenters. The lowest BCUT2D eigenvalue weighted by atomic mass is 10.1. The molecule has 0 aliphatic rings. The molecular weight excluding hydrogens is 342 g/mol. The van der Waals surface area contributed by atoms with Gasteiger partial charge in [0.15, 0.2) is 0 Å². The van der Waals surface area contributed by atoms with Crippen LogP contribution in [0.15, 0.2) is 59.6 Å². The monoisotopic (exact) mass is 365 g/mol. The predicted molar refractivity (Wildman–Crippen MR) is 107 cm³/mol. The highest BCUT2D eigenvalue weighted by atomic mass is 32.2. The van der Waals surface area contributed by atoms with Gasteiger partial charge in [0.05, 0.1) is 23.5 Å². The molecule has 26 heavy (non-hydrogen) atoms. The zero-order valence-electron chi connectivity index (χ0n) is 15.5. The Balaban J connectivity index is 1.84. The minimum absolute atomic E-state index is 0.0644. The Labute approximate surface area is 158 Å². The number of rotatable bonds is 5. The number of hydrogen-bond acceptors (Lipinski definition) is 3. The third kappa shape index (κ3) is 3.53. The van der Waals surface area contributed by atoms with Gasteiger partial charge in [0.2, 0.25) is 0 Å². The van der Waals surface area contributed by atoms with E-state index in [1.165, 1.54) is 0 Å². The lowest BCUT2D eigenvalue weighted by Crippen LogP contribution is -2.27. The van der Waals surface area contributed by atoms with Crippen LogP contribution in [0.3, 0.4) is 0 Å². The molecule has 134 valence electrons. The summed E-state index contributed by atoms with van der Waals surface area (Å²) in [6.07, 6.45) is 3.82. The van der Waals surface area contributed by atoms with Crippen LogP contribution in [0, 0.1) is 13.8 Å². The van der Waals surface area contributed by atoms with E-state index in [-0.39, 0.29) is 11.9 Å². The second-order valence-corrected chi connectivity index (χ2v) is 7.13. The number of aromatic nitrogens is 2. The van der Waals surface area contributed by atoms with Crippen LogP contribution in [0.1, 0.15) is 40.1 Å². The normalized spacial score (nSPS) is 12.0. The van der Waals surface area contributed by atoms with Crippen molar-refractivity contribution < 1.29 is 4.79 Å². The third-order valence-corrected chi connectivity index (χ3v) is 5.35. The molecule has 3 aromatic rings. The number of carbonyl (C=O) groups excluding carboxylic acids is 1. The topological polar surface area (TPSA) is 46.9 Å². The van der Waals surface area contributed by atoms with Gasteiger partial charge in [-0.25, -0.2) is 4.68 Å². The maximum absolute atomic E-state index is 12.7. The van der Waals surface area contributed by atoms with Crippen molar-refractivity contribution in [3.8, 4) is 5.69 Å². The van der Waals surface area contributed by atoms with Gasteiger partial charge < -0.3 is 5.32 Å². The molecule has 0 saturated carbocycles. The molecule has 1 amide bonds. The average Bonchev–Trinajstić information content (AvgIpc) is 3.03. The molecule has 0 radical (unpaired) electrons. The second-order valence-electron chi connectivity index (χ2n) is 6.28. The summed E-state index contributed by atoms with van der Waals surface area (Å²) in [4.78, 5) is 13.7. The molecule has 1 aromatic heterocycles. The van der Waals surface area contributed by atoms with Crippen molar-refractivity contribution in [3.63, 3.8) is 0 Å². The van der Waals surface area contributed by atoms with Crippen LogP contribution < -0.4 is 5.32 Å². The van der Waals surface area contributed by atoms with E-state index in [1.54, 1.807) is 11.8 Å². The van der Waals surface area contributed by atoms with Crippen LogP contribution in [-0.2, 0) is 0 Å². The zero-order valence-corrected chi connectivity index (χ0v) is 16.3. The van der Waals surface area contributed by atoms with E-state index < -0.39 is 0 Å². The molecule has 0 saturated heterocycles. The fraction of sp³-hybridized carbons (Fsp3) is 0.238. The Bertz CT molecular complexity index is 933. The highest BCUT2D eigenvalue weighted by molar-refractivity contribution is 7.98. The first-order valence-corrected chi connectivity index (χ1v) is 9.79. The SMILES string of the molecule is CSc1ccccc1C(=O)N[C@H](C)c1cnn(-c2ccccc2C)c1C. The largest absolute Gasteiger partial charge is 0.345 e. The molecule has 0 spiro atoms. The van der Waals surface area contributed by atoms with E-state index in [0.29, 0.717) is 5.56 Å². The van der Waals surface area contributed by atoms with Gasteiger partial charge >= 0.3 is 0 Å². The van der Waals surface area contributed by atoms with Crippen molar-refractivity contribution in [2.45, 2.75) is 31.7 Å². The molecule has 2 aromatic carbocycles. The molecule has 1 heterocycles. The Morgan fingerprint density at radius 1 is 1.12 bits per heavy atom. The summed E-state index contributed by atoms with van der Waals surface area (Å²) in [6, 6.07) is 15.7. The van der Waals surface area contributed by atoms with Gasteiger partial charge in [0.25, 0.3) is 5.91 Å². The number of thioether (sulfide) groups is 1. The summed E-state index contributed by atoms with van der Waals surface area (Å²) in [5.41, 5.74) is 4.97. The van der Waals surface area contributed by atoms with Gasteiger partial charge in [-0.05, 0) is 50.8 Å². The summed E-state index contributed by atoms with van der Waals surface area (Å²) in [5.74, 6) is -0.0644. The Hall–Kier alpha value is -2.53. The van der Waals surface area contributed by atoms with Crippen molar-refractivity contribution in [2.24, 2.45) is 0 Å². The highest BCUT2D eigenvalue weighted by Crippen LogP contribution is 2.24. The fourth-order valence-electron chi connectivity index (χ4n) is 3.08. The fourth-order valence-corrected chi connectivity index (χ4v) is 3.67. The number of nitrogens with zero attached hydrogens (tertiary/aromatic N) is 2. The maximum Gasteiger partial charge on any atom is 0.252 e. The van der Waals surface area contributed by atoms with Crippen LogP contribution >= 0.6 is 11.8 Å². The number of benzene rings is 2. The zero-order chi connectivity index (χ0) is 18.7. The van der Waals surface area contributed by atoms with Gasteiger partial charge in [-0.2, -0.15) is 5.10 Å². The molecule has 4 nitrogen and oxygen atoms in total. The predicted octanol–water partition coefficient (Wildman–Crippen LogP) is 4.70. The number of nitrogens with one attached hydrogen (secondary N) is 1. The molecule has 0 fully saturated rings. The molecule has 0 aliphatic heterocycles. The summed E-state index contributed by atoms with van der Waals surface area (Å²) in [5, 5.41) is 7.64. The number of hydrogen-bond donors (Lipinski definition) is 1. The second kappa shape index (κ2) is 7.79. The van der Waals surface area contributed by atoms with Crippen LogP contribution in [0.5, 0.6) is 0 Å². The summed E-state index contributed by atoms with van der Waals surface area (Å²) in [6.45, 7) is 6.10. The first-order chi connectivity index (χ1) is 12.5. The van der Waals surface area contributed by atoms with Gasteiger partial charge in [-0.3, -0.25) is 4.79 Å². The minimum atomic E-state index is -0.129. The van der Waals surface area contributed by atoms with E-state index >= 15 is 0 Å². The van der Waals surface area contributed by atoms with Crippen molar-refractivity contribution in [1.29, 1.82) is 0 Å². The number of amides is 1. The molecule has 1 N–H and O–H groups in total. The van der Waals surface area contributed by atoms with Crippen molar-refractivity contribution in [3.05, 3.63) is 77.1 Å². The number of para-hydroxylation sites is 1.